The number of hydrogen-bond donors (Lipinski definition) is 2. The zero-order chi connectivity index (χ0) is 17.5. The predicted molar refractivity (Wildman–Crippen MR) is 99.8 cm³/mol. The topological polar surface area (TPSA) is 57.3 Å². The van der Waals surface area contributed by atoms with Gasteiger partial charge in [0.15, 0.2) is 0 Å². The third-order valence-corrected chi connectivity index (χ3v) is 3.74. The lowest BCUT2D eigenvalue weighted by Crippen LogP contribution is -2.17. The van der Waals surface area contributed by atoms with Crippen LogP contribution in [-0.4, -0.2) is 43.0 Å². The highest BCUT2D eigenvalue weighted by atomic mass is 16.1. The molecule has 0 fully saturated rings. The minimum absolute atomic E-state index is 0.124. The van der Waals surface area contributed by atoms with Crippen molar-refractivity contribution in [2.24, 2.45) is 0 Å². The number of rotatable bonds is 7. The highest BCUT2D eigenvalue weighted by molar-refractivity contribution is 6.05. The van der Waals surface area contributed by atoms with Crippen LogP contribution in [0.25, 0.3) is 0 Å². The lowest BCUT2D eigenvalue weighted by molar-refractivity contribution is 0.102. The summed E-state index contributed by atoms with van der Waals surface area (Å²) in [5, 5.41) is 6.22. The molecule has 24 heavy (non-hydrogen) atoms. The van der Waals surface area contributed by atoms with Gasteiger partial charge in [0.25, 0.3) is 5.91 Å². The molecule has 2 aromatic rings. The molecule has 128 valence electrons. The Morgan fingerprint density at radius 2 is 1.96 bits per heavy atom. The maximum atomic E-state index is 12.4. The van der Waals surface area contributed by atoms with Crippen molar-refractivity contribution in [2.45, 2.75) is 20.3 Å². The molecular formula is C19H26N4O. The first kappa shape index (κ1) is 17.9. The number of benzene rings is 1. The van der Waals surface area contributed by atoms with Gasteiger partial charge < -0.3 is 15.5 Å². The molecular weight excluding hydrogens is 300 g/mol. The highest BCUT2D eigenvalue weighted by Crippen LogP contribution is 2.17. The minimum Gasteiger partial charge on any atom is -0.370 e. The molecule has 5 nitrogen and oxygen atoms in total. The second-order valence-electron chi connectivity index (χ2n) is 6.29. The van der Waals surface area contributed by atoms with Gasteiger partial charge in [-0.3, -0.25) is 4.79 Å². The first-order chi connectivity index (χ1) is 11.5. The van der Waals surface area contributed by atoms with Crippen molar-refractivity contribution < 1.29 is 4.79 Å². The van der Waals surface area contributed by atoms with Gasteiger partial charge in [-0.2, -0.15) is 0 Å². The van der Waals surface area contributed by atoms with Gasteiger partial charge in [0.1, 0.15) is 5.82 Å². The maximum Gasteiger partial charge on any atom is 0.255 e. The first-order valence-electron chi connectivity index (χ1n) is 8.19. The van der Waals surface area contributed by atoms with E-state index in [9.17, 15) is 4.79 Å². The number of anilines is 2. The second-order valence-corrected chi connectivity index (χ2v) is 6.29. The van der Waals surface area contributed by atoms with Crippen LogP contribution in [0.4, 0.5) is 11.5 Å². The normalized spacial score (nSPS) is 10.7. The smallest absolute Gasteiger partial charge is 0.255 e. The molecule has 0 aliphatic carbocycles. The molecule has 1 aromatic carbocycles. The molecule has 0 atom stereocenters. The number of nitrogens with one attached hydrogen (secondary N) is 2. The van der Waals surface area contributed by atoms with E-state index in [2.05, 4.69) is 40.7 Å². The number of hydrogen-bond acceptors (Lipinski definition) is 4. The van der Waals surface area contributed by atoms with Crippen molar-refractivity contribution in [1.29, 1.82) is 0 Å². The SMILES string of the molecule is Cc1ccc(NC(=O)c2ccnc(NCCCN(C)C)c2)c(C)c1. The Hall–Kier alpha value is -2.40. The Bertz CT molecular complexity index is 698. The van der Waals surface area contributed by atoms with E-state index in [1.54, 1.807) is 18.3 Å². The van der Waals surface area contributed by atoms with Crippen LogP contribution in [-0.2, 0) is 0 Å². The third kappa shape index (κ3) is 5.35. The van der Waals surface area contributed by atoms with Gasteiger partial charge in [0.2, 0.25) is 0 Å². The Balaban J connectivity index is 1.98. The van der Waals surface area contributed by atoms with Crippen molar-refractivity contribution in [3.63, 3.8) is 0 Å². The number of aryl methyl sites for hydroxylation is 2. The molecule has 0 aliphatic heterocycles. The molecule has 5 heteroatoms. The van der Waals surface area contributed by atoms with E-state index in [0.717, 1.165) is 36.6 Å². The molecule has 0 radical (unpaired) electrons. The van der Waals surface area contributed by atoms with Crippen LogP contribution < -0.4 is 10.6 Å². The molecule has 2 rings (SSSR count). The van der Waals surface area contributed by atoms with Crippen molar-refractivity contribution in [2.75, 3.05) is 37.8 Å². The van der Waals surface area contributed by atoms with E-state index in [-0.39, 0.29) is 5.91 Å². The van der Waals surface area contributed by atoms with E-state index in [1.165, 1.54) is 5.56 Å². The maximum absolute atomic E-state index is 12.4. The van der Waals surface area contributed by atoms with Gasteiger partial charge in [-0.15, -0.1) is 0 Å². The minimum atomic E-state index is -0.124. The summed E-state index contributed by atoms with van der Waals surface area (Å²) in [4.78, 5) is 18.9. The fourth-order valence-electron chi connectivity index (χ4n) is 2.43. The second kappa shape index (κ2) is 8.45. The molecule has 0 saturated heterocycles. The summed E-state index contributed by atoms with van der Waals surface area (Å²) in [6.07, 6.45) is 2.68. The molecule has 0 spiro atoms. The lowest BCUT2D eigenvalue weighted by atomic mass is 10.1. The van der Waals surface area contributed by atoms with Crippen LogP contribution >= 0.6 is 0 Å². The summed E-state index contributed by atoms with van der Waals surface area (Å²) in [7, 11) is 4.10. The van der Waals surface area contributed by atoms with Gasteiger partial charge >= 0.3 is 0 Å². The van der Waals surface area contributed by atoms with E-state index >= 15 is 0 Å². The number of nitrogens with zero attached hydrogens (tertiary/aromatic N) is 2. The van der Waals surface area contributed by atoms with Crippen molar-refractivity contribution >= 4 is 17.4 Å². The van der Waals surface area contributed by atoms with Gasteiger partial charge in [0.05, 0.1) is 0 Å². The van der Waals surface area contributed by atoms with Crippen LogP contribution in [0.3, 0.4) is 0 Å². The highest BCUT2D eigenvalue weighted by Gasteiger charge is 2.09. The predicted octanol–water partition coefficient (Wildman–Crippen LogP) is 3.31. The van der Waals surface area contributed by atoms with E-state index in [0.29, 0.717) is 5.56 Å². The Kier molecular flexibility index (Phi) is 6.32. The number of aromatic nitrogens is 1. The summed E-state index contributed by atoms with van der Waals surface area (Å²) in [5.41, 5.74) is 3.67. The number of carbonyl (C=O) groups is 1. The molecule has 1 aromatic heterocycles. The molecule has 2 N–H and O–H groups in total. The van der Waals surface area contributed by atoms with Crippen LogP contribution in [0.5, 0.6) is 0 Å². The van der Waals surface area contributed by atoms with Crippen molar-refractivity contribution in [1.82, 2.24) is 9.88 Å². The van der Waals surface area contributed by atoms with Crippen LogP contribution in [0.1, 0.15) is 27.9 Å². The summed E-state index contributed by atoms with van der Waals surface area (Å²) < 4.78 is 0. The molecule has 0 unspecified atom stereocenters. The molecule has 0 saturated carbocycles. The largest absolute Gasteiger partial charge is 0.370 e. The quantitative estimate of drug-likeness (QED) is 0.767. The number of amides is 1. The van der Waals surface area contributed by atoms with E-state index < -0.39 is 0 Å². The summed E-state index contributed by atoms with van der Waals surface area (Å²) >= 11 is 0. The van der Waals surface area contributed by atoms with Gasteiger partial charge in [-0.05, 0) is 64.7 Å². The van der Waals surface area contributed by atoms with Crippen molar-refractivity contribution in [3.8, 4) is 0 Å². The van der Waals surface area contributed by atoms with E-state index in [4.69, 9.17) is 0 Å². The summed E-state index contributed by atoms with van der Waals surface area (Å²) in [5.74, 6) is 0.600. The standard InChI is InChI=1S/C19H26N4O/c1-14-6-7-17(15(2)12-14)22-19(24)16-8-10-21-18(13-16)20-9-5-11-23(3)4/h6-8,10,12-13H,5,9,11H2,1-4H3,(H,20,21)(H,22,24). The summed E-state index contributed by atoms with van der Waals surface area (Å²) in [6, 6.07) is 9.50. The zero-order valence-electron chi connectivity index (χ0n) is 14.9. The monoisotopic (exact) mass is 326 g/mol. The molecule has 1 amide bonds. The molecule has 0 aliphatic rings. The fourth-order valence-corrected chi connectivity index (χ4v) is 2.43. The van der Waals surface area contributed by atoms with Gasteiger partial charge in [0, 0.05) is 24.0 Å². The number of pyridine rings is 1. The van der Waals surface area contributed by atoms with E-state index in [1.807, 2.05) is 26.0 Å². The van der Waals surface area contributed by atoms with Crippen LogP contribution in [0.15, 0.2) is 36.5 Å². The first-order valence-corrected chi connectivity index (χ1v) is 8.19. The van der Waals surface area contributed by atoms with Crippen LogP contribution in [0.2, 0.25) is 0 Å². The van der Waals surface area contributed by atoms with Gasteiger partial charge in [-0.25, -0.2) is 4.98 Å². The van der Waals surface area contributed by atoms with Crippen molar-refractivity contribution in [3.05, 3.63) is 53.2 Å². The summed E-state index contributed by atoms with van der Waals surface area (Å²) in [6.45, 7) is 5.87. The third-order valence-electron chi connectivity index (χ3n) is 3.74. The lowest BCUT2D eigenvalue weighted by Gasteiger charge is -2.11. The Labute approximate surface area is 144 Å². The van der Waals surface area contributed by atoms with Crippen LogP contribution in [0, 0.1) is 13.8 Å². The molecule has 0 bridgehead atoms. The number of carbonyl (C=O) groups excluding carboxylic acids is 1. The fraction of sp³-hybridized carbons (Fsp3) is 0.368. The average Bonchev–Trinajstić information content (AvgIpc) is 2.54. The Morgan fingerprint density at radius 1 is 1.17 bits per heavy atom. The van der Waals surface area contributed by atoms with Gasteiger partial charge in [-0.1, -0.05) is 17.7 Å². The average molecular weight is 326 g/mol. The molecule has 1 heterocycles. The Morgan fingerprint density at radius 3 is 2.67 bits per heavy atom. The zero-order valence-corrected chi connectivity index (χ0v) is 14.9.